The zero-order valence-electron chi connectivity index (χ0n) is 23.5. The lowest BCUT2D eigenvalue weighted by atomic mass is 9.95. The van der Waals surface area contributed by atoms with Gasteiger partial charge in [0.2, 0.25) is 0 Å². The molecule has 0 bridgehead atoms. The first-order valence-corrected chi connectivity index (χ1v) is 14.8. The van der Waals surface area contributed by atoms with Crippen molar-refractivity contribution >= 4 is 45.3 Å². The maximum absolute atomic E-state index is 16.5. The minimum Gasteiger partial charge on any atom is -0.443 e. The van der Waals surface area contributed by atoms with Gasteiger partial charge >= 0.3 is 11.8 Å². The zero-order valence-corrected chi connectivity index (χ0v) is 24.2. The number of alkyl halides is 3. The summed E-state index contributed by atoms with van der Waals surface area (Å²) in [6.45, 7) is 0.931. The van der Waals surface area contributed by atoms with Gasteiger partial charge in [-0.15, -0.1) is 0 Å². The van der Waals surface area contributed by atoms with Crippen LogP contribution >= 0.6 is 11.6 Å². The van der Waals surface area contributed by atoms with E-state index in [0.717, 1.165) is 24.8 Å². The van der Waals surface area contributed by atoms with Crippen LogP contribution in [0.5, 0.6) is 6.01 Å². The smallest absolute Gasteiger partial charge is 0.434 e. The van der Waals surface area contributed by atoms with Gasteiger partial charge in [-0.25, -0.2) is 22.1 Å². The number of nitrogens with zero attached hydrogens (tertiary/aromatic N) is 5. The fraction of sp³-hybridized carbons (Fsp3) is 0.419. The highest BCUT2D eigenvalue weighted by molar-refractivity contribution is 6.36. The highest BCUT2D eigenvalue weighted by Gasteiger charge is 2.50. The molecule has 1 unspecified atom stereocenters. The number of fused-ring (bicyclic) bond motifs is 3. The average Bonchev–Trinajstić information content (AvgIpc) is 3.62. The molecular weight excluding hydrogens is 584 g/mol. The first-order chi connectivity index (χ1) is 20.6. The Hall–Kier alpha value is -3.41. The second-order valence-electron chi connectivity index (χ2n) is 11.8. The Balaban J connectivity index is 1.36. The number of aromatic nitrogens is 3. The summed E-state index contributed by atoms with van der Waals surface area (Å²) in [5.41, 5.74) is -0.0188. The van der Waals surface area contributed by atoms with E-state index in [4.69, 9.17) is 16.3 Å². The van der Waals surface area contributed by atoms with Crippen molar-refractivity contribution in [3.8, 4) is 17.3 Å². The van der Waals surface area contributed by atoms with E-state index in [1.165, 1.54) is 17.0 Å². The van der Waals surface area contributed by atoms with E-state index in [0.29, 0.717) is 28.9 Å². The van der Waals surface area contributed by atoms with Gasteiger partial charge in [0.15, 0.2) is 5.82 Å². The van der Waals surface area contributed by atoms with Crippen LogP contribution in [0.25, 0.3) is 32.9 Å². The van der Waals surface area contributed by atoms with E-state index in [9.17, 15) is 13.2 Å². The fourth-order valence-corrected chi connectivity index (χ4v) is 7.14. The Morgan fingerprint density at radius 1 is 1.21 bits per heavy atom. The Kier molecular flexibility index (Phi) is 7.02. The first kappa shape index (κ1) is 28.4. The molecule has 7 nitrogen and oxygen atoms in total. The van der Waals surface area contributed by atoms with Gasteiger partial charge in [-0.2, -0.15) is 4.98 Å². The van der Waals surface area contributed by atoms with E-state index >= 15 is 4.39 Å². The summed E-state index contributed by atoms with van der Waals surface area (Å²) in [5, 5.41) is 4.86. The lowest BCUT2D eigenvalue weighted by molar-refractivity contribution is -0.406. The van der Waals surface area contributed by atoms with Crippen LogP contribution in [0.15, 0.2) is 42.6 Å². The minimum atomic E-state index is -2.95. The molecule has 2 aromatic carbocycles. The largest absolute Gasteiger partial charge is 0.443 e. The summed E-state index contributed by atoms with van der Waals surface area (Å²) < 4.78 is 67.4. The molecule has 4 aromatic rings. The van der Waals surface area contributed by atoms with Gasteiger partial charge < -0.3 is 10.1 Å². The SMILES string of the molecule is C/[N+](=C/C1CNCC1(F)F)c1nc(OC[C@@]23CCCN2C[C@H](F)C3)nc2c(F)c(-c3cccc4cccc(Cl)c34)ncc12. The zero-order chi connectivity index (χ0) is 29.9. The van der Waals surface area contributed by atoms with Crippen molar-refractivity contribution in [2.45, 2.75) is 36.9 Å². The molecule has 12 heteroatoms. The van der Waals surface area contributed by atoms with Gasteiger partial charge in [0.25, 0.3) is 5.92 Å². The molecule has 0 amide bonds. The Morgan fingerprint density at radius 2 is 2.02 bits per heavy atom. The highest BCUT2D eigenvalue weighted by Crippen LogP contribution is 2.41. The van der Waals surface area contributed by atoms with Crippen LogP contribution in [0.3, 0.4) is 0 Å². The summed E-state index contributed by atoms with van der Waals surface area (Å²) >= 11 is 6.53. The Morgan fingerprint density at radius 3 is 2.81 bits per heavy atom. The molecule has 3 aliphatic rings. The van der Waals surface area contributed by atoms with Gasteiger partial charge in [0, 0.05) is 46.7 Å². The third-order valence-corrected chi connectivity index (χ3v) is 9.30. The van der Waals surface area contributed by atoms with Crippen LogP contribution in [0.4, 0.5) is 23.4 Å². The van der Waals surface area contributed by atoms with Crippen LogP contribution in [0, 0.1) is 11.7 Å². The fourth-order valence-electron chi connectivity index (χ4n) is 6.86. The van der Waals surface area contributed by atoms with Crippen LogP contribution in [-0.2, 0) is 0 Å². The van der Waals surface area contributed by atoms with Gasteiger partial charge in [-0.05, 0) is 30.8 Å². The topological polar surface area (TPSA) is 66.2 Å². The molecule has 2 aromatic heterocycles. The molecule has 3 fully saturated rings. The van der Waals surface area contributed by atoms with E-state index in [1.807, 2.05) is 18.2 Å². The van der Waals surface area contributed by atoms with Crippen molar-refractivity contribution in [1.29, 1.82) is 0 Å². The maximum atomic E-state index is 16.5. The van der Waals surface area contributed by atoms with Crippen molar-refractivity contribution in [3.05, 3.63) is 53.4 Å². The third-order valence-electron chi connectivity index (χ3n) is 8.99. The number of ether oxygens (including phenoxy) is 1. The number of benzene rings is 2. The van der Waals surface area contributed by atoms with E-state index in [2.05, 4.69) is 25.2 Å². The number of pyridine rings is 1. The third kappa shape index (κ3) is 4.91. The second kappa shape index (κ2) is 10.6. The molecule has 3 aliphatic heterocycles. The quantitative estimate of drug-likeness (QED) is 0.169. The molecule has 7 rings (SSSR count). The van der Waals surface area contributed by atoms with Crippen LogP contribution in [-0.4, -0.2) is 88.1 Å². The lowest BCUT2D eigenvalue weighted by Gasteiger charge is -2.30. The molecule has 1 N–H and O–H groups in total. The molecule has 0 saturated carbocycles. The van der Waals surface area contributed by atoms with E-state index in [1.54, 1.807) is 25.2 Å². The van der Waals surface area contributed by atoms with Crippen molar-refractivity contribution in [3.63, 3.8) is 0 Å². The van der Waals surface area contributed by atoms with E-state index < -0.39 is 35.9 Å². The van der Waals surface area contributed by atoms with Crippen LogP contribution in [0.1, 0.15) is 19.3 Å². The first-order valence-electron chi connectivity index (χ1n) is 14.4. The predicted molar refractivity (Wildman–Crippen MR) is 157 cm³/mol. The molecule has 224 valence electrons. The number of hydrogen-bond acceptors (Lipinski definition) is 6. The number of nitrogens with one attached hydrogen (secondary N) is 1. The predicted octanol–water partition coefficient (Wildman–Crippen LogP) is 5.79. The summed E-state index contributed by atoms with van der Waals surface area (Å²) in [7, 11) is 1.58. The Bertz CT molecular complexity index is 1760. The molecule has 0 spiro atoms. The monoisotopic (exact) mass is 613 g/mol. The van der Waals surface area contributed by atoms with Crippen molar-refractivity contribution in [1.82, 2.24) is 25.2 Å². The van der Waals surface area contributed by atoms with Gasteiger partial charge in [0.1, 0.15) is 29.4 Å². The van der Waals surface area contributed by atoms with E-state index in [-0.39, 0.29) is 41.6 Å². The highest BCUT2D eigenvalue weighted by atomic mass is 35.5. The minimum absolute atomic E-state index is 0.0385. The van der Waals surface area contributed by atoms with Gasteiger partial charge in [0.05, 0.1) is 31.3 Å². The average molecular weight is 614 g/mol. The molecule has 5 heterocycles. The lowest BCUT2D eigenvalue weighted by Crippen LogP contribution is -2.43. The molecule has 3 saturated heterocycles. The molecule has 3 atom stereocenters. The van der Waals surface area contributed by atoms with Crippen LogP contribution < -0.4 is 10.1 Å². The summed E-state index contributed by atoms with van der Waals surface area (Å²) in [6.07, 6.45) is 3.92. The molecular formula is C31H30ClF4N6O+. The molecule has 0 radical (unpaired) electrons. The summed E-state index contributed by atoms with van der Waals surface area (Å²) in [5.74, 6) is -4.58. The molecule has 43 heavy (non-hydrogen) atoms. The number of rotatable bonds is 6. The van der Waals surface area contributed by atoms with Crippen molar-refractivity contribution in [2.75, 3.05) is 39.8 Å². The standard InChI is InChI=1S/C31H30ClF4N6O/c1-41(14-19-12-37-16-31(19,35)36)28-22-13-38-26(21-7-2-5-18-6-3-8-23(32)24(18)21)25(34)27(22)39-29(40-28)43-17-30-9-4-10-42(30)15-20(33)11-30/h2-3,5-8,13-14,19-20,37H,4,9-12,15-17H2,1H3/q+1/b41-14-/t19?,20-,30+/m1/s1. The van der Waals surface area contributed by atoms with Crippen molar-refractivity contribution in [2.24, 2.45) is 5.92 Å². The van der Waals surface area contributed by atoms with Gasteiger partial charge in [-0.1, -0.05) is 41.9 Å². The normalized spacial score (nSPS) is 25.6. The number of hydrogen-bond donors (Lipinski definition) is 1. The maximum Gasteiger partial charge on any atom is 0.434 e. The number of halogens is 5. The Labute approximate surface area is 250 Å². The van der Waals surface area contributed by atoms with Crippen molar-refractivity contribution < 1.29 is 26.9 Å². The van der Waals surface area contributed by atoms with Gasteiger partial charge in [-0.3, -0.25) is 9.88 Å². The van der Waals surface area contributed by atoms with Crippen LogP contribution in [0.2, 0.25) is 5.02 Å². The summed E-state index contributed by atoms with van der Waals surface area (Å²) in [6, 6.07) is 10.7. The second-order valence-corrected chi connectivity index (χ2v) is 12.2. The summed E-state index contributed by atoms with van der Waals surface area (Å²) in [4.78, 5) is 15.6. The molecule has 0 aliphatic carbocycles.